The van der Waals surface area contributed by atoms with Crippen molar-refractivity contribution in [3.05, 3.63) is 59.4 Å². The van der Waals surface area contributed by atoms with Crippen LogP contribution in [0.2, 0.25) is 0 Å². The van der Waals surface area contributed by atoms with Crippen LogP contribution in [-0.4, -0.2) is 11.5 Å². The number of pyridine rings is 1. The molecule has 0 saturated heterocycles. The summed E-state index contributed by atoms with van der Waals surface area (Å²) >= 11 is 0. The van der Waals surface area contributed by atoms with Crippen LogP contribution in [0.25, 0.3) is 0 Å². The van der Waals surface area contributed by atoms with Crippen molar-refractivity contribution in [1.29, 1.82) is 0 Å². The number of aryl methyl sites for hydroxylation is 1. The zero-order chi connectivity index (χ0) is 14.2. The quantitative estimate of drug-likeness (QED) is 0.782. The summed E-state index contributed by atoms with van der Waals surface area (Å²) in [7, 11) is 0. The zero-order valence-corrected chi connectivity index (χ0v) is 12.2. The van der Waals surface area contributed by atoms with Gasteiger partial charge in [-0.1, -0.05) is 25.1 Å². The van der Waals surface area contributed by atoms with E-state index in [0.717, 1.165) is 36.6 Å². The third-order valence-electron chi connectivity index (χ3n) is 3.01. The van der Waals surface area contributed by atoms with Gasteiger partial charge in [-0.05, 0) is 49.7 Å². The average molecular weight is 270 g/mol. The molecule has 0 fully saturated rings. The number of ether oxygens (including phenoxy) is 1. The van der Waals surface area contributed by atoms with Gasteiger partial charge in [0.05, 0.1) is 5.69 Å². The Morgan fingerprint density at radius 2 is 1.90 bits per heavy atom. The standard InChI is InChI=1S/C17H22N2O/c1-3-11-18-12-15-7-9-17(10-8-15)20-13-16-6-4-5-14(2)19-16/h4-10,18H,3,11-13H2,1-2H3. The Balaban J connectivity index is 1.84. The van der Waals surface area contributed by atoms with Crippen LogP contribution in [0.1, 0.15) is 30.3 Å². The molecular weight excluding hydrogens is 248 g/mol. The Kier molecular flexibility index (Phi) is 5.56. The van der Waals surface area contributed by atoms with E-state index in [2.05, 4.69) is 29.4 Å². The highest BCUT2D eigenvalue weighted by atomic mass is 16.5. The molecule has 0 bridgehead atoms. The Morgan fingerprint density at radius 1 is 1.10 bits per heavy atom. The molecule has 2 rings (SSSR count). The highest BCUT2D eigenvalue weighted by Gasteiger charge is 1.98. The molecule has 0 spiro atoms. The summed E-state index contributed by atoms with van der Waals surface area (Å²) in [5.74, 6) is 0.882. The number of benzene rings is 1. The molecule has 3 nitrogen and oxygen atoms in total. The SMILES string of the molecule is CCCNCc1ccc(OCc2cccc(C)n2)cc1. The van der Waals surface area contributed by atoms with Gasteiger partial charge in [-0.3, -0.25) is 4.98 Å². The molecular formula is C17H22N2O. The fourth-order valence-electron chi connectivity index (χ4n) is 1.95. The molecule has 0 amide bonds. The number of rotatable bonds is 7. The minimum absolute atomic E-state index is 0.509. The van der Waals surface area contributed by atoms with E-state index in [1.165, 1.54) is 5.56 Å². The molecule has 20 heavy (non-hydrogen) atoms. The number of aromatic nitrogens is 1. The number of nitrogens with zero attached hydrogens (tertiary/aromatic N) is 1. The lowest BCUT2D eigenvalue weighted by Gasteiger charge is -2.08. The van der Waals surface area contributed by atoms with Gasteiger partial charge < -0.3 is 10.1 Å². The normalized spacial score (nSPS) is 10.5. The molecule has 3 heteroatoms. The first-order chi connectivity index (χ1) is 9.78. The van der Waals surface area contributed by atoms with E-state index in [1.807, 2.05) is 37.3 Å². The Bertz CT molecular complexity index is 523. The highest BCUT2D eigenvalue weighted by molar-refractivity contribution is 5.27. The fourth-order valence-corrected chi connectivity index (χ4v) is 1.95. The summed E-state index contributed by atoms with van der Waals surface area (Å²) in [4.78, 5) is 4.42. The molecule has 0 saturated carbocycles. The van der Waals surface area contributed by atoms with Gasteiger partial charge in [0.2, 0.25) is 0 Å². The van der Waals surface area contributed by atoms with E-state index in [1.54, 1.807) is 0 Å². The van der Waals surface area contributed by atoms with Crippen LogP contribution < -0.4 is 10.1 Å². The molecule has 0 aliphatic carbocycles. The van der Waals surface area contributed by atoms with Gasteiger partial charge in [-0.25, -0.2) is 0 Å². The van der Waals surface area contributed by atoms with Crippen molar-refractivity contribution in [3.8, 4) is 5.75 Å². The molecule has 1 heterocycles. The Hall–Kier alpha value is -1.87. The van der Waals surface area contributed by atoms with E-state index < -0.39 is 0 Å². The molecule has 106 valence electrons. The van der Waals surface area contributed by atoms with Crippen molar-refractivity contribution in [3.63, 3.8) is 0 Å². The van der Waals surface area contributed by atoms with Crippen molar-refractivity contribution in [2.45, 2.75) is 33.4 Å². The second-order valence-corrected chi connectivity index (χ2v) is 4.88. The van der Waals surface area contributed by atoms with Crippen LogP contribution in [0.5, 0.6) is 5.75 Å². The predicted molar refractivity (Wildman–Crippen MR) is 81.7 cm³/mol. The van der Waals surface area contributed by atoms with Crippen molar-refractivity contribution in [2.75, 3.05) is 6.54 Å². The van der Waals surface area contributed by atoms with Gasteiger partial charge in [-0.15, -0.1) is 0 Å². The minimum Gasteiger partial charge on any atom is -0.487 e. The van der Waals surface area contributed by atoms with Gasteiger partial charge in [0.15, 0.2) is 0 Å². The van der Waals surface area contributed by atoms with Gasteiger partial charge >= 0.3 is 0 Å². The maximum atomic E-state index is 5.74. The second-order valence-electron chi connectivity index (χ2n) is 4.88. The lowest BCUT2D eigenvalue weighted by molar-refractivity contribution is 0.301. The smallest absolute Gasteiger partial charge is 0.130 e. The lowest BCUT2D eigenvalue weighted by Crippen LogP contribution is -2.13. The summed E-state index contributed by atoms with van der Waals surface area (Å²) < 4.78 is 5.74. The highest BCUT2D eigenvalue weighted by Crippen LogP contribution is 2.13. The lowest BCUT2D eigenvalue weighted by atomic mass is 10.2. The van der Waals surface area contributed by atoms with Gasteiger partial charge in [0.25, 0.3) is 0 Å². The first-order valence-electron chi connectivity index (χ1n) is 7.13. The number of hydrogen-bond donors (Lipinski definition) is 1. The molecule has 0 atom stereocenters. The van der Waals surface area contributed by atoms with E-state index >= 15 is 0 Å². The summed E-state index contributed by atoms with van der Waals surface area (Å²) in [5.41, 5.74) is 3.25. The van der Waals surface area contributed by atoms with Crippen LogP contribution in [0.4, 0.5) is 0 Å². The van der Waals surface area contributed by atoms with Crippen LogP contribution in [0.15, 0.2) is 42.5 Å². The third-order valence-corrected chi connectivity index (χ3v) is 3.01. The average Bonchev–Trinajstić information content (AvgIpc) is 2.47. The summed E-state index contributed by atoms with van der Waals surface area (Å²) in [6.07, 6.45) is 1.16. The third kappa shape index (κ3) is 4.67. The molecule has 0 aliphatic heterocycles. The fraction of sp³-hybridized carbons (Fsp3) is 0.353. The maximum absolute atomic E-state index is 5.74. The number of nitrogens with one attached hydrogen (secondary N) is 1. The van der Waals surface area contributed by atoms with Crippen molar-refractivity contribution in [2.24, 2.45) is 0 Å². The van der Waals surface area contributed by atoms with E-state index in [0.29, 0.717) is 6.61 Å². The topological polar surface area (TPSA) is 34.1 Å². The summed E-state index contributed by atoms with van der Waals surface area (Å²) in [5, 5.41) is 3.38. The van der Waals surface area contributed by atoms with Crippen molar-refractivity contribution < 1.29 is 4.74 Å². The van der Waals surface area contributed by atoms with E-state index in [4.69, 9.17) is 4.74 Å². The van der Waals surface area contributed by atoms with Crippen LogP contribution >= 0.6 is 0 Å². The Labute approximate surface area is 121 Å². The first kappa shape index (κ1) is 14.5. The van der Waals surface area contributed by atoms with Gasteiger partial charge in [0.1, 0.15) is 12.4 Å². The molecule has 2 aromatic rings. The molecule has 0 radical (unpaired) electrons. The monoisotopic (exact) mass is 270 g/mol. The van der Waals surface area contributed by atoms with Crippen LogP contribution in [-0.2, 0) is 13.2 Å². The molecule has 0 unspecified atom stereocenters. The predicted octanol–water partition coefficient (Wildman–Crippen LogP) is 3.47. The number of hydrogen-bond acceptors (Lipinski definition) is 3. The van der Waals surface area contributed by atoms with Crippen molar-refractivity contribution in [1.82, 2.24) is 10.3 Å². The van der Waals surface area contributed by atoms with Crippen molar-refractivity contribution >= 4 is 0 Å². The maximum Gasteiger partial charge on any atom is 0.130 e. The summed E-state index contributed by atoms with van der Waals surface area (Å²) in [6.45, 7) is 6.63. The first-order valence-corrected chi connectivity index (χ1v) is 7.13. The molecule has 1 aromatic carbocycles. The minimum atomic E-state index is 0.509. The summed E-state index contributed by atoms with van der Waals surface area (Å²) in [6, 6.07) is 14.2. The molecule has 0 aliphatic rings. The van der Waals surface area contributed by atoms with E-state index in [-0.39, 0.29) is 0 Å². The zero-order valence-electron chi connectivity index (χ0n) is 12.2. The van der Waals surface area contributed by atoms with E-state index in [9.17, 15) is 0 Å². The Morgan fingerprint density at radius 3 is 2.60 bits per heavy atom. The van der Waals surface area contributed by atoms with Crippen LogP contribution in [0.3, 0.4) is 0 Å². The molecule has 1 aromatic heterocycles. The van der Waals surface area contributed by atoms with Crippen LogP contribution in [0, 0.1) is 6.92 Å². The molecule has 1 N–H and O–H groups in total. The van der Waals surface area contributed by atoms with Gasteiger partial charge in [0, 0.05) is 12.2 Å². The largest absolute Gasteiger partial charge is 0.487 e. The van der Waals surface area contributed by atoms with Gasteiger partial charge in [-0.2, -0.15) is 0 Å². The second kappa shape index (κ2) is 7.65.